The number of thiophene rings is 1. The number of para-hydroxylation sites is 4. The van der Waals surface area contributed by atoms with Gasteiger partial charge >= 0.3 is 0 Å². The Hall–Kier alpha value is -7.08. The molecule has 13 aromatic rings. The summed E-state index contributed by atoms with van der Waals surface area (Å²) in [7, 11) is 0. The van der Waals surface area contributed by atoms with Crippen LogP contribution in [0, 0.1) is 0 Å². The van der Waals surface area contributed by atoms with Crippen molar-refractivity contribution in [3.05, 3.63) is 170 Å². The van der Waals surface area contributed by atoms with E-state index in [2.05, 4.69) is 179 Å². The number of aromatic nitrogens is 4. The first kappa shape index (κ1) is 29.4. The molecule has 0 amide bonds. The second-order valence-corrected chi connectivity index (χ2v) is 15.6. The first-order chi connectivity index (χ1) is 27.3. The van der Waals surface area contributed by atoms with Crippen LogP contribution in [0.3, 0.4) is 0 Å². The molecule has 254 valence electrons. The molecular formula is C50H28N4S. The van der Waals surface area contributed by atoms with Gasteiger partial charge in [0.25, 0.3) is 0 Å². The van der Waals surface area contributed by atoms with Gasteiger partial charge in [0.05, 0.1) is 38.8 Å². The molecule has 0 aliphatic heterocycles. The highest BCUT2D eigenvalue weighted by Gasteiger charge is 2.22. The zero-order valence-corrected chi connectivity index (χ0v) is 30.2. The molecule has 55 heavy (non-hydrogen) atoms. The third kappa shape index (κ3) is 3.89. The highest BCUT2D eigenvalue weighted by Crippen LogP contribution is 2.46. The smallest absolute Gasteiger partial charge is 0.235 e. The molecule has 0 saturated carbocycles. The van der Waals surface area contributed by atoms with Crippen molar-refractivity contribution >= 4 is 113 Å². The summed E-state index contributed by atoms with van der Waals surface area (Å²) in [4.78, 5) is 10.7. The first-order valence-corrected chi connectivity index (χ1v) is 19.5. The molecule has 0 bridgehead atoms. The van der Waals surface area contributed by atoms with Crippen LogP contribution < -0.4 is 0 Å². The van der Waals surface area contributed by atoms with E-state index in [-0.39, 0.29) is 0 Å². The summed E-state index contributed by atoms with van der Waals surface area (Å²) in [6.07, 6.45) is 0. The Bertz CT molecular complexity index is 3780. The summed E-state index contributed by atoms with van der Waals surface area (Å²) in [5.74, 6) is 0.660. The first-order valence-electron chi connectivity index (χ1n) is 18.7. The molecule has 0 atom stereocenters. The van der Waals surface area contributed by atoms with Gasteiger partial charge in [0.2, 0.25) is 5.95 Å². The maximum atomic E-state index is 5.39. The van der Waals surface area contributed by atoms with Crippen LogP contribution in [0.4, 0.5) is 0 Å². The highest BCUT2D eigenvalue weighted by atomic mass is 32.1. The fraction of sp³-hybridized carbons (Fsp3) is 0. The Morgan fingerprint density at radius 1 is 0.382 bits per heavy atom. The zero-order chi connectivity index (χ0) is 35.8. The highest BCUT2D eigenvalue weighted by molar-refractivity contribution is 7.26. The van der Waals surface area contributed by atoms with Crippen molar-refractivity contribution in [2.45, 2.75) is 0 Å². The molecule has 0 aliphatic carbocycles. The molecular weight excluding hydrogens is 689 g/mol. The SMILES string of the molecule is c1ccc(-c2nc(-n3c4ccccc4c4cc5c6cccc7c8cccc9sc%10cccc(c%11ccccc%11n(c5cc43)c76)c%10c98)nc3ccccc23)cc1. The minimum atomic E-state index is 0.660. The summed E-state index contributed by atoms with van der Waals surface area (Å²) in [5.41, 5.74) is 8.61. The summed E-state index contributed by atoms with van der Waals surface area (Å²) in [6, 6.07) is 61.7. The quantitative estimate of drug-likeness (QED) is 0.179. The number of hydrogen-bond acceptors (Lipinski definition) is 3. The summed E-state index contributed by atoms with van der Waals surface area (Å²) < 4.78 is 7.43. The second kappa shape index (κ2) is 10.8. The van der Waals surface area contributed by atoms with Crippen molar-refractivity contribution in [2.24, 2.45) is 0 Å². The Morgan fingerprint density at radius 3 is 1.73 bits per heavy atom. The van der Waals surface area contributed by atoms with Gasteiger partial charge < -0.3 is 4.40 Å². The second-order valence-electron chi connectivity index (χ2n) is 14.5. The van der Waals surface area contributed by atoms with Crippen molar-refractivity contribution in [3.8, 4) is 17.2 Å². The minimum Gasteiger partial charge on any atom is -0.308 e. The van der Waals surface area contributed by atoms with Crippen LogP contribution in [0.25, 0.3) is 119 Å². The zero-order valence-electron chi connectivity index (χ0n) is 29.4. The van der Waals surface area contributed by atoms with E-state index in [1.54, 1.807) is 0 Å². The van der Waals surface area contributed by atoms with E-state index < -0.39 is 0 Å². The monoisotopic (exact) mass is 716 g/mol. The fourth-order valence-electron chi connectivity index (χ4n) is 9.40. The predicted octanol–water partition coefficient (Wildman–Crippen LogP) is 13.6. The lowest BCUT2D eigenvalue weighted by atomic mass is 10.0. The molecule has 8 aromatic carbocycles. The number of rotatable bonds is 2. The molecule has 5 aromatic heterocycles. The lowest BCUT2D eigenvalue weighted by molar-refractivity contribution is 1.01. The number of benzene rings is 8. The third-order valence-corrected chi connectivity index (χ3v) is 12.8. The van der Waals surface area contributed by atoms with E-state index in [1.165, 1.54) is 74.3 Å². The van der Waals surface area contributed by atoms with Gasteiger partial charge in [-0.15, -0.1) is 11.3 Å². The van der Waals surface area contributed by atoms with Gasteiger partial charge in [-0.05, 0) is 53.2 Å². The average molecular weight is 717 g/mol. The fourth-order valence-corrected chi connectivity index (χ4v) is 10.6. The normalized spacial score (nSPS) is 12.4. The molecule has 13 rings (SSSR count). The van der Waals surface area contributed by atoms with E-state index in [9.17, 15) is 0 Å². The largest absolute Gasteiger partial charge is 0.308 e. The molecule has 0 unspecified atom stereocenters. The van der Waals surface area contributed by atoms with Gasteiger partial charge in [0.1, 0.15) is 0 Å². The van der Waals surface area contributed by atoms with Gasteiger partial charge in [-0.25, -0.2) is 9.97 Å². The van der Waals surface area contributed by atoms with Crippen molar-refractivity contribution in [2.75, 3.05) is 0 Å². The molecule has 0 saturated heterocycles. The maximum Gasteiger partial charge on any atom is 0.235 e. The van der Waals surface area contributed by atoms with Crippen LogP contribution >= 0.6 is 11.3 Å². The predicted molar refractivity (Wildman–Crippen MR) is 233 cm³/mol. The molecule has 0 radical (unpaired) electrons. The Kier molecular flexibility index (Phi) is 5.74. The Labute approximate surface area is 317 Å². The lowest BCUT2D eigenvalue weighted by Crippen LogP contribution is -2.03. The molecule has 0 N–H and O–H groups in total. The number of fused-ring (bicyclic) bond motifs is 11. The van der Waals surface area contributed by atoms with Crippen LogP contribution in [-0.4, -0.2) is 18.9 Å². The van der Waals surface area contributed by atoms with Gasteiger partial charge in [0.15, 0.2) is 0 Å². The Balaban J connectivity index is 1.27. The molecule has 0 spiro atoms. The Morgan fingerprint density at radius 2 is 0.945 bits per heavy atom. The van der Waals surface area contributed by atoms with Gasteiger partial charge in [-0.2, -0.15) is 0 Å². The lowest BCUT2D eigenvalue weighted by Gasteiger charge is -2.12. The number of nitrogens with zero attached hydrogens (tertiary/aromatic N) is 4. The molecule has 4 nitrogen and oxygen atoms in total. The van der Waals surface area contributed by atoms with Crippen LogP contribution in [0.5, 0.6) is 0 Å². The van der Waals surface area contributed by atoms with E-state index in [1.807, 2.05) is 11.3 Å². The van der Waals surface area contributed by atoms with Crippen LogP contribution in [0.15, 0.2) is 170 Å². The number of hydrogen-bond donors (Lipinski definition) is 0. The summed E-state index contributed by atoms with van der Waals surface area (Å²) >= 11 is 1.89. The topological polar surface area (TPSA) is 35.1 Å². The van der Waals surface area contributed by atoms with Gasteiger partial charge in [0, 0.05) is 63.4 Å². The van der Waals surface area contributed by atoms with E-state index >= 15 is 0 Å². The van der Waals surface area contributed by atoms with Gasteiger partial charge in [-0.1, -0.05) is 127 Å². The van der Waals surface area contributed by atoms with Crippen LogP contribution in [0.2, 0.25) is 0 Å². The molecule has 5 heterocycles. The van der Waals surface area contributed by atoms with E-state index in [0.29, 0.717) is 5.95 Å². The van der Waals surface area contributed by atoms with E-state index in [0.717, 1.165) is 38.7 Å². The van der Waals surface area contributed by atoms with Gasteiger partial charge in [-0.3, -0.25) is 4.57 Å². The van der Waals surface area contributed by atoms with Crippen molar-refractivity contribution in [1.82, 2.24) is 18.9 Å². The molecule has 0 fully saturated rings. The standard InChI is InChI=1S/C50H28N4S/c1-2-13-29(14-3-1)48-36-17-4-7-22-39(36)51-50(52-48)54-41-24-9-6-16-31(41)37-27-38-35-21-10-20-34-33-19-12-26-45-47(33)46-32(18-11-25-44(46)55-45)30-15-5-8-23-40(30)53(49(34)35)42(38)28-43(37)54/h1-28H. The maximum absolute atomic E-state index is 5.39. The summed E-state index contributed by atoms with van der Waals surface area (Å²) in [5, 5.41) is 13.5. The van der Waals surface area contributed by atoms with Crippen molar-refractivity contribution in [3.63, 3.8) is 0 Å². The van der Waals surface area contributed by atoms with Crippen LogP contribution in [-0.2, 0) is 0 Å². The van der Waals surface area contributed by atoms with E-state index in [4.69, 9.17) is 9.97 Å². The van der Waals surface area contributed by atoms with Crippen molar-refractivity contribution < 1.29 is 0 Å². The molecule has 0 aliphatic rings. The summed E-state index contributed by atoms with van der Waals surface area (Å²) in [6.45, 7) is 0. The average Bonchev–Trinajstić information content (AvgIpc) is 3.90. The third-order valence-electron chi connectivity index (χ3n) is 11.7. The minimum absolute atomic E-state index is 0.660. The molecule has 5 heteroatoms. The van der Waals surface area contributed by atoms with Crippen LogP contribution in [0.1, 0.15) is 0 Å². The van der Waals surface area contributed by atoms with Crippen molar-refractivity contribution in [1.29, 1.82) is 0 Å².